The van der Waals surface area contributed by atoms with Crippen molar-refractivity contribution in [2.45, 2.75) is 12.3 Å². The summed E-state index contributed by atoms with van der Waals surface area (Å²) < 4.78 is 6.18. The highest BCUT2D eigenvalue weighted by Crippen LogP contribution is 2.24. The van der Waals surface area contributed by atoms with E-state index in [4.69, 9.17) is 11.6 Å². The van der Waals surface area contributed by atoms with E-state index in [1.165, 1.54) is 7.11 Å². The molecule has 0 saturated carbocycles. The normalized spacial score (nSPS) is 12.6. The van der Waals surface area contributed by atoms with Crippen molar-refractivity contribution in [3.05, 3.63) is 17.5 Å². The molecule has 0 saturated heterocycles. The summed E-state index contributed by atoms with van der Waals surface area (Å²) in [4.78, 5) is 11.1. The van der Waals surface area contributed by atoms with Crippen molar-refractivity contribution in [3.63, 3.8) is 0 Å². The zero-order valence-electron chi connectivity index (χ0n) is 7.74. The van der Waals surface area contributed by atoms with Crippen molar-refractivity contribution in [1.82, 2.24) is 9.78 Å². The molecule has 0 spiro atoms. The van der Waals surface area contributed by atoms with Gasteiger partial charge >= 0.3 is 5.97 Å². The van der Waals surface area contributed by atoms with Crippen molar-refractivity contribution in [2.24, 2.45) is 7.05 Å². The van der Waals surface area contributed by atoms with Crippen LogP contribution in [0.5, 0.6) is 0 Å². The van der Waals surface area contributed by atoms with E-state index < -0.39 is 11.3 Å². The molecule has 1 unspecified atom stereocenters. The van der Waals surface area contributed by atoms with Gasteiger partial charge in [-0.15, -0.1) is 11.6 Å². The minimum Gasteiger partial charge on any atom is -0.468 e. The molecule has 0 radical (unpaired) electrons. The second-order valence-corrected chi connectivity index (χ2v) is 3.13. The second kappa shape index (κ2) is 3.79. The van der Waals surface area contributed by atoms with Gasteiger partial charge in [-0.1, -0.05) is 0 Å². The van der Waals surface area contributed by atoms with Gasteiger partial charge in [-0.3, -0.25) is 9.48 Å². The highest BCUT2D eigenvalue weighted by Gasteiger charge is 2.22. The number of aromatic nitrogens is 2. The molecule has 1 aromatic rings. The maximum atomic E-state index is 11.1. The number of nitrogens with zero attached hydrogens (tertiary/aromatic N) is 2. The van der Waals surface area contributed by atoms with Crippen LogP contribution in [-0.2, 0) is 16.6 Å². The fourth-order valence-corrected chi connectivity index (χ4v) is 1.30. The molecule has 13 heavy (non-hydrogen) atoms. The predicted octanol–water partition coefficient (Wildman–Crippen LogP) is 1.18. The molecule has 0 fully saturated rings. The van der Waals surface area contributed by atoms with Gasteiger partial charge in [0.05, 0.1) is 13.3 Å². The molecule has 0 amide bonds. The number of halogens is 1. The number of alkyl halides is 1. The first kappa shape index (κ1) is 10.1. The molecular formula is C8H11ClN2O2. The zero-order chi connectivity index (χ0) is 10.0. The lowest BCUT2D eigenvalue weighted by atomic mass is 10.2. The van der Waals surface area contributed by atoms with Gasteiger partial charge < -0.3 is 4.74 Å². The van der Waals surface area contributed by atoms with Crippen molar-refractivity contribution >= 4 is 17.6 Å². The van der Waals surface area contributed by atoms with Gasteiger partial charge in [0.1, 0.15) is 0 Å². The average Bonchev–Trinajstić information content (AvgIpc) is 2.45. The van der Waals surface area contributed by atoms with Crippen LogP contribution in [0.1, 0.15) is 16.6 Å². The number of hydrogen-bond acceptors (Lipinski definition) is 3. The maximum Gasteiger partial charge on any atom is 0.328 e. The Morgan fingerprint density at radius 1 is 1.77 bits per heavy atom. The van der Waals surface area contributed by atoms with E-state index in [2.05, 4.69) is 9.84 Å². The molecular weight excluding hydrogens is 192 g/mol. The summed E-state index contributed by atoms with van der Waals surface area (Å²) in [6, 6.07) is 0. The Morgan fingerprint density at radius 3 is 2.77 bits per heavy atom. The Kier molecular flexibility index (Phi) is 2.93. The van der Waals surface area contributed by atoms with E-state index in [-0.39, 0.29) is 0 Å². The third kappa shape index (κ3) is 1.83. The molecule has 1 heterocycles. The van der Waals surface area contributed by atoms with E-state index >= 15 is 0 Å². The van der Waals surface area contributed by atoms with E-state index in [9.17, 15) is 4.79 Å². The number of rotatable bonds is 2. The molecule has 0 N–H and O–H groups in total. The Labute approximate surface area is 81.4 Å². The van der Waals surface area contributed by atoms with Gasteiger partial charge in [-0.05, 0) is 6.92 Å². The molecule has 5 heteroatoms. The third-order valence-corrected chi connectivity index (χ3v) is 2.37. The van der Waals surface area contributed by atoms with E-state index in [1.54, 1.807) is 17.9 Å². The number of carbonyl (C=O) groups excluding carboxylic acids is 1. The van der Waals surface area contributed by atoms with E-state index in [0.717, 1.165) is 5.69 Å². The molecule has 4 nitrogen and oxygen atoms in total. The topological polar surface area (TPSA) is 44.1 Å². The Morgan fingerprint density at radius 2 is 2.38 bits per heavy atom. The highest BCUT2D eigenvalue weighted by molar-refractivity contribution is 6.30. The molecule has 0 aliphatic rings. The molecule has 0 aromatic carbocycles. The van der Waals surface area contributed by atoms with Crippen LogP contribution in [0.2, 0.25) is 0 Å². The summed E-state index contributed by atoms with van der Waals surface area (Å²) in [5.41, 5.74) is 1.56. The van der Waals surface area contributed by atoms with Crippen LogP contribution in [0.4, 0.5) is 0 Å². The summed E-state index contributed by atoms with van der Waals surface area (Å²) in [6.07, 6.45) is 1.57. The second-order valence-electron chi connectivity index (χ2n) is 2.69. The van der Waals surface area contributed by atoms with Gasteiger partial charge in [0, 0.05) is 18.3 Å². The highest BCUT2D eigenvalue weighted by atomic mass is 35.5. The fraction of sp³-hybridized carbons (Fsp3) is 0.500. The number of carbonyl (C=O) groups is 1. The van der Waals surface area contributed by atoms with Crippen molar-refractivity contribution in [1.29, 1.82) is 0 Å². The lowest BCUT2D eigenvalue weighted by Gasteiger charge is -2.05. The van der Waals surface area contributed by atoms with Crippen LogP contribution in [0.15, 0.2) is 6.20 Å². The molecule has 72 valence electrons. The SMILES string of the molecule is COC(=O)C(Cl)c1cnn(C)c1C. The minimum atomic E-state index is -0.765. The number of hydrogen-bond donors (Lipinski definition) is 0. The maximum absolute atomic E-state index is 11.1. The average molecular weight is 203 g/mol. The summed E-state index contributed by atoms with van der Waals surface area (Å²) in [5, 5.41) is 3.21. The van der Waals surface area contributed by atoms with Crippen molar-refractivity contribution in [3.8, 4) is 0 Å². The quantitative estimate of drug-likeness (QED) is 0.535. The molecule has 1 aromatic heterocycles. The third-order valence-electron chi connectivity index (χ3n) is 1.95. The van der Waals surface area contributed by atoms with Crippen LogP contribution >= 0.6 is 11.6 Å². The van der Waals surface area contributed by atoms with Gasteiger partial charge in [0.15, 0.2) is 5.38 Å². The van der Waals surface area contributed by atoms with E-state index in [0.29, 0.717) is 5.56 Å². The summed E-state index contributed by atoms with van der Waals surface area (Å²) >= 11 is 5.85. The van der Waals surface area contributed by atoms with Gasteiger partial charge in [0.2, 0.25) is 0 Å². The first-order chi connectivity index (χ1) is 6.07. The Balaban J connectivity index is 2.95. The predicted molar refractivity (Wildman–Crippen MR) is 48.6 cm³/mol. The monoisotopic (exact) mass is 202 g/mol. The van der Waals surface area contributed by atoms with Gasteiger partial charge in [-0.25, -0.2) is 0 Å². The smallest absolute Gasteiger partial charge is 0.328 e. The number of esters is 1. The molecule has 0 aliphatic heterocycles. The van der Waals surface area contributed by atoms with Crippen molar-refractivity contribution < 1.29 is 9.53 Å². The molecule has 1 rings (SSSR count). The van der Waals surface area contributed by atoms with Crippen molar-refractivity contribution in [2.75, 3.05) is 7.11 Å². The number of methoxy groups -OCH3 is 1. The molecule has 1 atom stereocenters. The Bertz CT molecular complexity index is 322. The van der Waals surface area contributed by atoms with Crippen LogP contribution in [0, 0.1) is 6.92 Å². The Hall–Kier alpha value is -1.03. The lowest BCUT2D eigenvalue weighted by Crippen LogP contribution is -2.09. The van der Waals surface area contributed by atoms with Gasteiger partial charge in [0.25, 0.3) is 0 Å². The standard InChI is InChI=1S/C8H11ClN2O2/c1-5-6(4-10-11(5)2)7(9)8(12)13-3/h4,7H,1-3H3. The number of ether oxygens (including phenoxy) is 1. The summed E-state index contributed by atoms with van der Waals surface area (Å²) in [5.74, 6) is -0.460. The number of aryl methyl sites for hydroxylation is 1. The fourth-order valence-electron chi connectivity index (χ4n) is 0.995. The van der Waals surface area contributed by atoms with Crippen LogP contribution in [-0.4, -0.2) is 22.9 Å². The first-order valence-corrected chi connectivity index (χ1v) is 4.22. The summed E-state index contributed by atoms with van der Waals surface area (Å²) in [6.45, 7) is 1.85. The van der Waals surface area contributed by atoms with Gasteiger partial charge in [-0.2, -0.15) is 5.10 Å². The van der Waals surface area contributed by atoms with Crippen LogP contribution < -0.4 is 0 Å². The lowest BCUT2D eigenvalue weighted by molar-refractivity contribution is -0.140. The van der Waals surface area contributed by atoms with E-state index in [1.807, 2.05) is 6.92 Å². The van der Waals surface area contributed by atoms with Crippen LogP contribution in [0.3, 0.4) is 0 Å². The first-order valence-electron chi connectivity index (χ1n) is 3.78. The zero-order valence-corrected chi connectivity index (χ0v) is 8.50. The largest absolute Gasteiger partial charge is 0.468 e. The summed E-state index contributed by atoms with van der Waals surface area (Å²) in [7, 11) is 3.10. The molecule has 0 aliphatic carbocycles. The van der Waals surface area contributed by atoms with Crippen LogP contribution in [0.25, 0.3) is 0 Å². The molecule has 0 bridgehead atoms. The minimum absolute atomic E-state index is 0.460.